The highest BCUT2D eigenvalue weighted by molar-refractivity contribution is 6.04. The van der Waals surface area contributed by atoms with Crippen molar-refractivity contribution in [3.63, 3.8) is 0 Å². The molecule has 2 rings (SSSR count). The number of hydrogen-bond donors (Lipinski definition) is 2. The Labute approximate surface area is 124 Å². The first-order valence-corrected chi connectivity index (χ1v) is 6.72. The van der Waals surface area contributed by atoms with Gasteiger partial charge in [-0.15, -0.1) is 0 Å². The fraction of sp³-hybridized carbons (Fsp3) is 0.176. The summed E-state index contributed by atoms with van der Waals surface area (Å²) >= 11 is 0. The first kappa shape index (κ1) is 14.8. The Balaban J connectivity index is 2.09. The predicted octanol–water partition coefficient (Wildman–Crippen LogP) is 3.51. The van der Waals surface area contributed by atoms with Crippen LogP contribution in [-0.2, 0) is 4.79 Å². The molecule has 2 N–H and O–H groups in total. The third kappa shape index (κ3) is 3.92. The highest BCUT2D eigenvalue weighted by Crippen LogP contribution is 2.16. The second kappa shape index (κ2) is 6.22. The second-order valence-electron chi connectivity index (χ2n) is 5.01. The molecule has 2 amide bonds. The van der Waals surface area contributed by atoms with Crippen LogP contribution in [0.25, 0.3) is 0 Å². The lowest BCUT2D eigenvalue weighted by molar-refractivity contribution is -0.114. The minimum Gasteiger partial charge on any atom is -0.326 e. The molecule has 0 spiro atoms. The van der Waals surface area contributed by atoms with E-state index in [-0.39, 0.29) is 11.8 Å². The minimum atomic E-state index is -0.173. The number of hydrogen-bond acceptors (Lipinski definition) is 2. The maximum Gasteiger partial charge on any atom is 0.255 e. The molecule has 0 heterocycles. The summed E-state index contributed by atoms with van der Waals surface area (Å²) in [6, 6.07) is 12.6. The Morgan fingerprint density at radius 1 is 0.810 bits per heavy atom. The van der Waals surface area contributed by atoms with Gasteiger partial charge in [0, 0.05) is 23.9 Å². The summed E-state index contributed by atoms with van der Waals surface area (Å²) in [5.41, 5.74) is 4.31. The van der Waals surface area contributed by atoms with E-state index in [4.69, 9.17) is 0 Å². The number of benzene rings is 2. The number of carbonyl (C=O) groups is 2. The summed E-state index contributed by atoms with van der Waals surface area (Å²) in [5, 5.41) is 5.52. The molecule has 4 nitrogen and oxygen atoms in total. The highest BCUT2D eigenvalue weighted by Gasteiger charge is 2.07. The number of carbonyl (C=O) groups excluding carboxylic acids is 2. The van der Waals surface area contributed by atoms with Gasteiger partial charge >= 0.3 is 0 Å². The van der Waals surface area contributed by atoms with Crippen LogP contribution >= 0.6 is 0 Å². The number of nitrogens with one attached hydrogen (secondary N) is 2. The van der Waals surface area contributed by atoms with Crippen molar-refractivity contribution in [1.82, 2.24) is 0 Å². The van der Waals surface area contributed by atoms with Crippen molar-refractivity contribution in [3.05, 3.63) is 59.2 Å². The van der Waals surface area contributed by atoms with E-state index in [1.54, 1.807) is 24.3 Å². The molecule has 2 aromatic rings. The van der Waals surface area contributed by atoms with E-state index in [0.717, 1.165) is 11.3 Å². The van der Waals surface area contributed by atoms with Gasteiger partial charge in [0.05, 0.1) is 0 Å². The van der Waals surface area contributed by atoms with Crippen LogP contribution in [0, 0.1) is 13.8 Å². The lowest BCUT2D eigenvalue weighted by Gasteiger charge is -2.08. The lowest BCUT2D eigenvalue weighted by atomic mass is 10.1. The van der Waals surface area contributed by atoms with Crippen LogP contribution in [0.3, 0.4) is 0 Å². The Kier molecular flexibility index (Phi) is 4.38. The lowest BCUT2D eigenvalue weighted by Crippen LogP contribution is -2.12. The molecule has 0 saturated heterocycles. The molecule has 0 unspecified atom stereocenters. The molecular formula is C17H18N2O2. The van der Waals surface area contributed by atoms with Gasteiger partial charge in [-0.3, -0.25) is 9.59 Å². The van der Waals surface area contributed by atoms with Crippen LogP contribution in [0.2, 0.25) is 0 Å². The average molecular weight is 282 g/mol. The Hall–Kier alpha value is -2.62. The zero-order valence-corrected chi connectivity index (χ0v) is 12.4. The van der Waals surface area contributed by atoms with Gasteiger partial charge in [-0.25, -0.2) is 0 Å². The van der Waals surface area contributed by atoms with Crippen LogP contribution < -0.4 is 10.6 Å². The Morgan fingerprint density at radius 3 is 2.00 bits per heavy atom. The van der Waals surface area contributed by atoms with Crippen molar-refractivity contribution < 1.29 is 9.59 Å². The summed E-state index contributed by atoms with van der Waals surface area (Å²) in [6.07, 6.45) is 0. The predicted molar refractivity (Wildman–Crippen MR) is 84.6 cm³/mol. The van der Waals surface area contributed by atoms with Crippen LogP contribution in [0.1, 0.15) is 28.4 Å². The Morgan fingerprint density at radius 2 is 1.43 bits per heavy atom. The van der Waals surface area contributed by atoms with Gasteiger partial charge in [0.1, 0.15) is 0 Å². The van der Waals surface area contributed by atoms with Gasteiger partial charge in [0.25, 0.3) is 5.91 Å². The van der Waals surface area contributed by atoms with Crippen molar-refractivity contribution in [2.75, 3.05) is 10.6 Å². The molecule has 0 aromatic heterocycles. The molecule has 0 fully saturated rings. The maximum absolute atomic E-state index is 12.1. The van der Waals surface area contributed by atoms with Crippen molar-refractivity contribution >= 4 is 23.2 Å². The topological polar surface area (TPSA) is 58.2 Å². The normalized spacial score (nSPS) is 10.0. The van der Waals surface area contributed by atoms with Crippen molar-refractivity contribution in [1.29, 1.82) is 0 Å². The molecule has 4 heteroatoms. The largest absolute Gasteiger partial charge is 0.326 e. The molecule has 108 valence electrons. The molecule has 21 heavy (non-hydrogen) atoms. The highest BCUT2D eigenvalue weighted by atomic mass is 16.2. The summed E-state index contributed by atoms with van der Waals surface area (Å²) in [4.78, 5) is 23.1. The molecule has 0 aliphatic carbocycles. The van der Waals surface area contributed by atoms with Gasteiger partial charge in [-0.2, -0.15) is 0 Å². The van der Waals surface area contributed by atoms with Crippen LogP contribution in [-0.4, -0.2) is 11.8 Å². The molecule has 2 aromatic carbocycles. The van der Waals surface area contributed by atoms with E-state index in [9.17, 15) is 9.59 Å². The van der Waals surface area contributed by atoms with E-state index in [2.05, 4.69) is 10.6 Å². The van der Waals surface area contributed by atoms with E-state index >= 15 is 0 Å². The first-order valence-electron chi connectivity index (χ1n) is 6.72. The molecule has 0 aliphatic heterocycles. The fourth-order valence-corrected chi connectivity index (χ4v) is 1.93. The molecular weight excluding hydrogens is 264 g/mol. The van der Waals surface area contributed by atoms with Gasteiger partial charge in [-0.1, -0.05) is 6.07 Å². The standard InChI is InChI=1S/C17H18N2O2/c1-11-4-7-16(10-12(11)2)19-17(21)14-5-8-15(9-6-14)18-13(3)20/h4-10H,1-3H3,(H,18,20)(H,19,21). The Bertz CT molecular complexity index is 676. The number of rotatable bonds is 3. The third-order valence-corrected chi connectivity index (χ3v) is 3.23. The smallest absolute Gasteiger partial charge is 0.255 e. The molecule has 0 radical (unpaired) electrons. The molecule has 0 atom stereocenters. The van der Waals surface area contributed by atoms with E-state index in [1.807, 2.05) is 32.0 Å². The quantitative estimate of drug-likeness (QED) is 0.905. The zero-order valence-electron chi connectivity index (χ0n) is 12.4. The van der Waals surface area contributed by atoms with Crippen molar-refractivity contribution in [2.24, 2.45) is 0 Å². The maximum atomic E-state index is 12.1. The van der Waals surface area contributed by atoms with E-state index in [0.29, 0.717) is 11.3 Å². The second-order valence-corrected chi connectivity index (χ2v) is 5.01. The number of amides is 2. The summed E-state index contributed by atoms with van der Waals surface area (Å²) in [5.74, 6) is -0.310. The molecule has 0 saturated carbocycles. The van der Waals surface area contributed by atoms with E-state index in [1.165, 1.54) is 12.5 Å². The SMILES string of the molecule is CC(=O)Nc1ccc(C(=O)Nc2ccc(C)c(C)c2)cc1. The summed E-state index contributed by atoms with van der Waals surface area (Å²) in [6.45, 7) is 5.48. The van der Waals surface area contributed by atoms with Gasteiger partial charge in [-0.05, 0) is 61.4 Å². The summed E-state index contributed by atoms with van der Waals surface area (Å²) in [7, 11) is 0. The van der Waals surface area contributed by atoms with Crippen molar-refractivity contribution in [2.45, 2.75) is 20.8 Å². The van der Waals surface area contributed by atoms with Gasteiger partial charge < -0.3 is 10.6 Å². The van der Waals surface area contributed by atoms with Gasteiger partial charge in [0.2, 0.25) is 5.91 Å². The van der Waals surface area contributed by atoms with Crippen LogP contribution in [0.15, 0.2) is 42.5 Å². The summed E-state index contributed by atoms with van der Waals surface area (Å²) < 4.78 is 0. The minimum absolute atomic E-state index is 0.137. The fourth-order valence-electron chi connectivity index (χ4n) is 1.93. The van der Waals surface area contributed by atoms with Gasteiger partial charge in [0.15, 0.2) is 0 Å². The first-order chi connectivity index (χ1) is 9.95. The van der Waals surface area contributed by atoms with Crippen LogP contribution in [0.4, 0.5) is 11.4 Å². The van der Waals surface area contributed by atoms with Crippen LogP contribution in [0.5, 0.6) is 0 Å². The third-order valence-electron chi connectivity index (χ3n) is 3.23. The van der Waals surface area contributed by atoms with Crippen molar-refractivity contribution in [3.8, 4) is 0 Å². The molecule has 0 aliphatic rings. The zero-order chi connectivity index (χ0) is 15.4. The molecule has 0 bridgehead atoms. The monoisotopic (exact) mass is 282 g/mol. The average Bonchev–Trinajstić information content (AvgIpc) is 2.43. The number of aryl methyl sites for hydroxylation is 2. The van der Waals surface area contributed by atoms with E-state index < -0.39 is 0 Å². The number of anilines is 2.